The molecule has 1 aromatic carbocycles. The van der Waals surface area contributed by atoms with E-state index < -0.39 is 0 Å². The summed E-state index contributed by atoms with van der Waals surface area (Å²) in [5, 5.41) is 7.27. The minimum absolute atomic E-state index is 0. The normalized spacial score (nSPS) is 16.9. The van der Waals surface area contributed by atoms with Gasteiger partial charge in [0, 0.05) is 10.9 Å². The number of nitrogens with one attached hydrogen (secondary N) is 2. The fourth-order valence-corrected chi connectivity index (χ4v) is 2.94. The summed E-state index contributed by atoms with van der Waals surface area (Å²) in [5.41, 5.74) is 1.13. The Kier molecular flexibility index (Phi) is 8.23. The van der Waals surface area contributed by atoms with Crippen molar-refractivity contribution in [2.75, 3.05) is 13.1 Å². The predicted octanol–water partition coefficient (Wildman–Crippen LogP) is 3.96. The number of amides is 1. The molecule has 0 bridgehead atoms. The maximum absolute atomic E-state index is 12.5. The monoisotopic (exact) mass is 344 g/mol. The van der Waals surface area contributed by atoms with Gasteiger partial charge in [0.15, 0.2) is 0 Å². The van der Waals surface area contributed by atoms with Crippen LogP contribution in [0.4, 0.5) is 0 Å². The average molecular weight is 345 g/mol. The molecule has 22 heavy (non-hydrogen) atoms. The van der Waals surface area contributed by atoms with Crippen LogP contribution in [0.3, 0.4) is 0 Å². The molecule has 0 aromatic heterocycles. The largest absolute Gasteiger partial charge is 0.349 e. The zero-order chi connectivity index (χ0) is 15.2. The maximum Gasteiger partial charge on any atom is 0.223 e. The third-order valence-corrected chi connectivity index (χ3v) is 4.26. The van der Waals surface area contributed by atoms with Crippen LogP contribution < -0.4 is 10.6 Å². The number of piperidine rings is 1. The number of benzene rings is 1. The summed E-state index contributed by atoms with van der Waals surface area (Å²) in [6.07, 6.45) is 2.81. The van der Waals surface area contributed by atoms with Crippen molar-refractivity contribution in [1.29, 1.82) is 0 Å². The lowest BCUT2D eigenvalue weighted by Crippen LogP contribution is -2.40. The molecule has 1 aliphatic heterocycles. The van der Waals surface area contributed by atoms with E-state index in [-0.39, 0.29) is 30.3 Å². The quantitative estimate of drug-likeness (QED) is 0.848. The van der Waals surface area contributed by atoms with E-state index in [0.717, 1.165) is 42.9 Å². The van der Waals surface area contributed by atoms with Gasteiger partial charge >= 0.3 is 0 Å². The molecule has 5 heteroatoms. The summed E-state index contributed by atoms with van der Waals surface area (Å²) < 4.78 is 0. The van der Waals surface area contributed by atoms with Crippen molar-refractivity contribution in [3.63, 3.8) is 0 Å². The lowest BCUT2D eigenvalue weighted by molar-refractivity contribution is -0.126. The van der Waals surface area contributed by atoms with Gasteiger partial charge in [0.25, 0.3) is 0 Å². The van der Waals surface area contributed by atoms with Gasteiger partial charge < -0.3 is 10.6 Å². The van der Waals surface area contributed by atoms with Crippen LogP contribution in [0.5, 0.6) is 0 Å². The molecule has 1 atom stereocenters. The van der Waals surface area contributed by atoms with Crippen molar-refractivity contribution >= 4 is 29.9 Å². The topological polar surface area (TPSA) is 41.1 Å². The number of carbonyl (C=O) groups excluding carboxylic acids is 1. The molecule has 2 rings (SSSR count). The molecule has 0 saturated carbocycles. The van der Waals surface area contributed by atoms with Crippen LogP contribution in [-0.4, -0.2) is 19.0 Å². The molecule has 124 valence electrons. The van der Waals surface area contributed by atoms with Crippen LogP contribution in [0.15, 0.2) is 24.3 Å². The van der Waals surface area contributed by atoms with Gasteiger partial charge in [-0.25, -0.2) is 0 Å². The van der Waals surface area contributed by atoms with Gasteiger partial charge in [-0.2, -0.15) is 0 Å². The van der Waals surface area contributed by atoms with E-state index in [4.69, 9.17) is 11.6 Å². The average Bonchev–Trinajstić information content (AvgIpc) is 2.48. The van der Waals surface area contributed by atoms with E-state index in [2.05, 4.69) is 24.5 Å². The van der Waals surface area contributed by atoms with Crippen molar-refractivity contribution in [3.05, 3.63) is 34.9 Å². The third-order valence-electron chi connectivity index (χ3n) is 4.01. The number of halogens is 2. The number of carbonyl (C=O) groups is 1. The molecule has 1 aromatic rings. The molecule has 1 unspecified atom stereocenters. The highest BCUT2D eigenvalue weighted by molar-refractivity contribution is 6.30. The standard InChI is InChI=1S/C17H25ClN2O.ClH/c1-12(2)11-16(13-3-5-15(18)6-4-13)20-17(21)14-7-9-19-10-8-14;/h3-6,12,14,16,19H,7-11H2,1-2H3,(H,20,21);1H. The smallest absolute Gasteiger partial charge is 0.223 e. The van der Waals surface area contributed by atoms with E-state index in [0.29, 0.717) is 5.92 Å². The van der Waals surface area contributed by atoms with Gasteiger partial charge in [-0.05, 0) is 56.0 Å². The molecule has 1 saturated heterocycles. The third kappa shape index (κ3) is 5.79. The fraction of sp³-hybridized carbons (Fsp3) is 0.588. The number of hydrogen-bond donors (Lipinski definition) is 2. The summed E-state index contributed by atoms with van der Waals surface area (Å²) in [5.74, 6) is 0.865. The first-order valence-corrected chi connectivity index (χ1v) is 8.20. The van der Waals surface area contributed by atoms with Crippen LogP contribution in [0.1, 0.15) is 44.7 Å². The van der Waals surface area contributed by atoms with E-state index in [1.54, 1.807) is 0 Å². The molecule has 1 heterocycles. The first kappa shape index (κ1) is 19.3. The lowest BCUT2D eigenvalue weighted by atomic mass is 9.93. The molecule has 3 nitrogen and oxygen atoms in total. The first-order valence-electron chi connectivity index (χ1n) is 7.83. The Morgan fingerprint density at radius 3 is 2.41 bits per heavy atom. The Morgan fingerprint density at radius 2 is 1.86 bits per heavy atom. The minimum Gasteiger partial charge on any atom is -0.349 e. The Morgan fingerprint density at radius 1 is 1.27 bits per heavy atom. The van der Waals surface area contributed by atoms with Gasteiger partial charge in [0.05, 0.1) is 6.04 Å². The molecule has 1 amide bonds. The second kappa shape index (κ2) is 9.39. The summed E-state index contributed by atoms with van der Waals surface area (Å²) in [7, 11) is 0. The Labute approximate surface area is 144 Å². The Hall–Kier alpha value is -0.770. The van der Waals surface area contributed by atoms with Crippen molar-refractivity contribution in [2.24, 2.45) is 11.8 Å². The van der Waals surface area contributed by atoms with Crippen LogP contribution >= 0.6 is 24.0 Å². The summed E-state index contributed by atoms with van der Waals surface area (Å²) in [6.45, 7) is 6.24. The van der Waals surface area contributed by atoms with Crippen LogP contribution in [-0.2, 0) is 4.79 Å². The minimum atomic E-state index is 0. The predicted molar refractivity (Wildman–Crippen MR) is 94.6 cm³/mol. The van der Waals surface area contributed by atoms with Crippen molar-refractivity contribution in [2.45, 2.75) is 39.2 Å². The van der Waals surface area contributed by atoms with Gasteiger partial charge in [0.2, 0.25) is 5.91 Å². The molecular weight excluding hydrogens is 319 g/mol. The molecule has 1 fully saturated rings. The lowest BCUT2D eigenvalue weighted by Gasteiger charge is -2.26. The molecule has 1 aliphatic rings. The first-order chi connectivity index (χ1) is 10.1. The van der Waals surface area contributed by atoms with Crippen molar-refractivity contribution in [3.8, 4) is 0 Å². The SMILES string of the molecule is CC(C)CC(NC(=O)C1CCNCC1)c1ccc(Cl)cc1.Cl. The highest BCUT2D eigenvalue weighted by atomic mass is 35.5. The molecule has 0 radical (unpaired) electrons. The number of hydrogen-bond acceptors (Lipinski definition) is 2. The van der Waals surface area contributed by atoms with E-state index in [9.17, 15) is 4.79 Å². The summed E-state index contributed by atoms with van der Waals surface area (Å²) in [4.78, 5) is 12.5. The highest BCUT2D eigenvalue weighted by Gasteiger charge is 2.24. The maximum atomic E-state index is 12.5. The molecule has 0 spiro atoms. The molecule has 0 aliphatic carbocycles. The Balaban J connectivity index is 0.00000242. The fourth-order valence-electron chi connectivity index (χ4n) is 2.82. The van der Waals surface area contributed by atoms with E-state index in [1.807, 2.05) is 24.3 Å². The zero-order valence-corrected chi connectivity index (χ0v) is 14.8. The summed E-state index contributed by atoms with van der Waals surface area (Å²) >= 11 is 5.96. The van der Waals surface area contributed by atoms with Crippen molar-refractivity contribution in [1.82, 2.24) is 10.6 Å². The van der Waals surface area contributed by atoms with Crippen LogP contribution in [0, 0.1) is 11.8 Å². The van der Waals surface area contributed by atoms with Gasteiger partial charge in [-0.1, -0.05) is 37.6 Å². The van der Waals surface area contributed by atoms with Crippen molar-refractivity contribution < 1.29 is 4.79 Å². The second-order valence-corrected chi connectivity index (χ2v) is 6.70. The van der Waals surface area contributed by atoms with Gasteiger partial charge in [-0.3, -0.25) is 4.79 Å². The Bertz CT molecular complexity index is 456. The molecule has 2 N–H and O–H groups in total. The zero-order valence-electron chi connectivity index (χ0n) is 13.3. The number of rotatable bonds is 5. The van der Waals surface area contributed by atoms with E-state index in [1.165, 1.54) is 0 Å². The highest BCUT2D eigenvalue weighted by Crippen LogP contribution is 2.24. The molecular formula is C17H26Cl2N2O. The van der Waals surface area contributed by atoms with Gasteiger partial charge in [0.1, 0.15) is 0 Å². The van der Waals surface area contributed by atoms with Crippen LogP contribution in [0.2, 0.25) is 5.02 Å². The van der Waals surface area contributed by atoms with E-state index >= 15 is 0 Å². The van der Waals surface area contributed by atoms with Crippen LogP contribution in [0.25, 0.3) is 0 Å². The summed E-state index contributed by atoms with van der Waals surface area (Å²) in [6, 6.07) is 7.88. The second-order valence-electron chi connectivity index (χ2n) is 6.27. The van der Waals surface area contributed by atoms with Gasteiger partial charge in [-0.15, -0.1) is 12.4 Å².